The van der Waals surface area contributed by atoms with E-state index in [1.54, 1.807) is 13.8 Å². The van der Waals surface area contributed by atoms with Gasteiger partial charge in [-0.1, -0.05) is 27.7 Å². The molecule has 0 aromatic heterocycles. The van der Waals surface area contributed by atoms with Crippen LogP contribution < -0.4 is 53.6 Å². The van der Waals surface area contributed by atoms with Gasteiger partial charge in [0.25, 0.3) is 0 Å². The molecule has 33 heteroatoms. The predicted molar refractivity (Wildman–Crippen MR) is 282 cm³/mol. The number of hydrogen-bond acceptors (Lipinski definition) is 21. The number of primary amides is 1. The lowest BCUT2D eigenvalue weighted by Crippen LogP contribution is -2.70. The quantitative estimate of drug-likeness (QED) is 0.0318. The Kier molecular flexibility index (Phi) is 28.0. The monoisotopic (exact) mass is 1190 g/mol. The number of amides is 11. The zero-order valence-corrected chi connectivity index (χ0v) is 47.8. The molecule has 0 aromatic rings. The number of ether oxygens (including phenoxy) is 4. The number of likely N-dealkylation sites (tertiary alicyclic amines) is 1. The molecule has 17 atom stereocenters. The topological polar surface area (TPSA) is 501 Å². The summed E-state index contributed by atoms with van der Waals surface area (Å²) in [6, 6.07) is -12.0. The predicted octanol–water partition coefficient (Wildman–Crippen LogP) is -7.96. The number of aliphatic hydroxyl groups excluding tert-OH is 5. The molecular formula is C50H83N11O22. The van der Waals surface area contributed by atoms with Crippen LogP contribution in [0.4, 0.5) is 0 Å². The van der Waals surface area contributed by atoms with Gasteiger partial charge >= 0.3 is 5.97 Å². The first-order valence-corrected chi connectivity index (χ1v) is 27.1. The molecule has 3 heterocycles. The van der Waals surface area contributed by atoms with Crippen molar-refractivity contribution in [3.05, 3.63) is 0 Å². The minimum Gasteiger partial charge on any atom is -0.481 e. The zero-order chi connectivity index (χ0) is 62.7. The molecule has 83 heavy (non-hydrogen) atoms. The first-order chi connectivity index (χ1) is 38.8. The van der Waals surface area contributed by atoms with Crippen LogP contribution in [-0.4, -0.2) is 243 Å². The van der Waals surface area contributed by atoms with E-state index in [-0.39, 0.29) is 31.7 Å². The number of carbonyl (C=O) groups is 12. The van der Waals surface area contributed by atoms with Crippen LogP contribution in [-0.2, 0) is 76.5 Å². The molecule has 3 rings (SSSR count). The lowest BCUT2D eigenvalue weighted by atomic mass is 9.94. The highest BCUT2D eigenvalue weighted by Crippen LogP contribution is 2.31. The van der Waals surface area contributed by atoms with Gasteiger partial charge in [0.15, 0.2) is 12.6 Å². The van der Waals surface area contributed by atoms with Crippen LogP contribution in [0.5, 0.6) is 0 Å². The summed E-state index contributed by atoms with van der Waals surface area (Å²) < 4.78 is 24.0. The number of carboxylic acid groups (broad SMARTS) is 1. The summed E-state index contributed by atoms with van der Waals surface area (Å²) in [5.74, 6) is -11.7. The average molecular weight is 1190 g/mol. The molecule has 11 amide bonds. The Hall–Kier alpha value is -6.72. The highest BCUT2D eigenvalue weighted by atomic mass is 16.7. The third-order valence-electron chi connectivity index (χ3n) is 13.6. The van der Waals surface area contributed by atoms with Crippen molar-refractivity contribution in [2.45, 2.75) is 198 Å². The SMILES string of the molecule is CC(=O)N[C@H]1[C@@H](O[C@H]2[C@@H](O)[C@@H](CO)O[C@H](O[C@H](C)[C@H](NC(=O)[C@H](C)NC(=O)[C@H](CC(C)C)NC(=O)[C@H](CCC(=O)O)NC(C)=O)C(=O)N[C@H](C(=O)NCC(=O)N3CCC[C@H]3C(=O)NCC(N)=O)C(C)C)[C@@H]2NC(C)=O)O[C@H](CO)[C@H](O)[C@@H]1O. The van der Waals surface area contributed by atoms with Gasteiger partial charge in [0, 0.05) is 33.7 Å². The number of nitrogens with two attached hydrogens (primary N) is 1. The van der Waals surface area contributed by atoms with Crippen molar-refractivity contribution < 1.29 is 107 Å². The smallest absolute Gasteiger partial charge is 0.303 e. The molecule has 0 radical (unpaired) electrons. The van der Waals surface area contributed by atoms with Crippen LogP contribution >= 0.6 is 0 Å². The first-order valence-electron chi connectivity index (χ1n) is 27.1. The van der Waals surface area contributed by atoms with Crippen LogP contribution in [0.3, 0.4) is 0 Å². The number of hydrogen-bond donors (Lipinski definition) is 16. The third-order valence-corrected chi connectivity index (χ3v) is 13.6. The fourth-order valence-electron chi connectivity index (χ4n) is 9.36. The Morgan fingerprint density at radius 3 is 1.77 bits per heavy atom. The summed E-state index contributed by atoms with van der Waals surface area (Å²) in [7, 11) is 0. The van der Waals surface area contributed by atoms with Gasteiger partial charge in [0.2, 0.25) is 65.0 Å². The fraction of sp³-hybridized carbons (Fsp3) is 0.760. The summed E-state index contributed by atoms with van der Waals surface area (Å²) in [6.07, 6.45) is -16.0. The van der Waals surface area contributed by atoms with Gasteiger partial charge in [-0.15, -0.1) is 0 Å². The van der Waals surface area contributed by atoms with Crippen LogP contribution in [0.2, 0.25) is 0 Å². The highest BCUT2D eigenvalue weighted by molar-refractivity contribution is 5.97. The number of rotatable bonds is 30. The number of carbonyl (C=O) groups excluding carboxylic acids is 11. The Bertz CT molecular complexity index is 2310. The van der Waals surface area contributed by atoms with Crippen molar-refractivity contribution in [1.82, 2.24) is 52.8 Å². The molecule has 0 spiro atoms. The summed E-state index contributed by atoms with van der Waals surface area (Å²) in [6.45, 7) is 9.26. The van der Waals surface area contributed by atoms with E-state index in [9.17, 15) is 88.2 Å². The molecule has 0 aromatic carbocycles. The van der Waals surface area contributed by atoms with E-state index in [1.165, 1.54) is 32.6 Å². The summed E-state index contributed by atoms with van der Waals surface area (Å²) in [5, 5.41) is 84.8. The van der Waals surface area contributed by atoms with Crippen molar-refractivity contribution in [3.63, 3.8) is 0 Å². The molecule has 0 bridgehead atoms. The normalized spacial score (nSPS) is 26.4. The number of carboxylic acids is 1. The van der Waals surface area contributed by atoms with Crippen molar-refractivity contribution in [2.75, 3.05) is 32.8 Å². The first kappa shape index (κ1) is 70.5. The minimum atomic E-state index is -1.94. The summed E-state index contributed by atoms with van der Waals surface area (Å²) in [4.78, 5) is 157. The molecule has 17 N–H and O–H groups in total. The van der Waals surface area contributed by atoms with Crippen LogP contribution in [0.25, 0.3) is 0 Å². The van der Waals surface area contributed by atoms with Crippen LogP contribution in [0.15, 0.2) is 0 Å². The average Bonchev–Trinajstić information content (AvgIpc) is 3.98. The van der Waals surface area contributed by atoms with E-state index in [1.807, 2.05) is 0 Å². The Morgan fingerprint density at radius 1 is 0.639 bits per heavy atom. The second kappa shape index (κ2) is 32.9. The molecular weight excluding hydrogens is 1110 g/mol. The maximum Gasteiger partial charge on any atom is 0.303 e. The minimum absolute atomic E-state index is 0.0287. The number of nitrogens with zero attached hydrogens (tertiary/aromatic N) is 1. The molecule has 33 nitrogen and oxygen atoms in total. The van der Waals surface area contributed by atoms with E-state index in [0.29, 0.717) is 6.42 Å². The zero-order valence-electron chi connectivity index (χ0n) is 47.8. The molecule has 3 aliphatic heterocycles. The Balaban J connectivity index is 2.04. The van der Waals surface area contributed by atoms with Crippen molar-refractivity contribution >= 4 is 70.9 Å². The lowest BCUT2D eigenvalue weighted by Gasteiger charge is -2.48. The van der Waals surface area contributed by atoms with Gasteiger partial charge in [0.1, 0.15) is 85.0 Å². The molecule has 470 valence electrons. The van der Waals surface area contributed by atoms with Crippen molar-refractivity contribution in [2.24, 2.45) is 17.6 Å². The molecule has 0 saturated carbocycles. The van der Waals surface area contributed by atoms with Crippen LogP contribution in [0, 0.1) is 11.8 Å². The van der Waals surface area contributed by atoms with E-state index < -0.39 is 213 Å². The molecule has 0 aliphatic carbocycles. The molecule has 0 unspecified atom stereocenters. The van der Waals surface area contributed by atoms with E-state index in [2.05, 4.69) is 47.9 Å². The maximum atomic E-state index is 14.7. The Labute approximate surface area is 478 Å². The van der Waals surface area contributed by atoms with E-state index in [0.717, 1.165) is 20.8 Å². The van der Waals surface area contributed by atoms with Crippen molar-refractivity contribution in [1.29, 1.82) is 0 Å². The maximum absolute atomic E-state index is 14.7. The van der Waals surface area contributed by atoms with Crippen molar-refractivity contribution in [3.8, 4) is 0 Å². The standard InChI is InChI=1S/C50H83N11O22/c1-20(2)15-28(58-44(75)27(55-24(7)64)12-13-34(69)70)45(76)54-22(5)43(74)60-36(48(79)59-35(21(3)4)47(78)53-17-33(68)61-14-10-11-29(61)46(77)52-16-32(51)67)23(6)80-50-38(57-26(9)66)42(40(72)31(19-63)82-50)83-49-37(56-25(8)65)41(73)39(71)30(18-62)81-49/h20-23,27-31,35-42,49-50,62-63,71-73H,10-19H2,1-9H3,(H2,51,67)(H,52,77)(H,53,78)(H,54,76)(H,55,64)(H,56,65)(H,57,66)(H,58,75)(H,59,79)(H,60,74)(H,69,70)/t22-,23+,27-,28-,29-,30+,31+,35-,36-,37+,38+,39-,40-,41+,42+,49+,50-/m0/s1. The third kappa shape index (κ3) is 21.1. The lowest BCUT2D eigenvalue weighted by molar-refractivity contribution is -0.332. The molecule has 3 fully saturated rings. The summed E-state index contributed by atoms with van der Waals surface area (Å²) >= 11 is 0. The van der Waals surface area contributed by atoms with Gasteiger partial charge < -0.3 is 108 Å². The number of aliphatic hydroxyl groups is 5. The van der Waals surface area contributed by atoms with Crippen LogP contribution in [0.1, 0.15) is 94.4 Å². The highest BCUT2D eigenvalue weighted by Gasteiger charge is 2.53. The molecule has 3 aliphatic rings. The van der Waals surface area contributed by atoms with Gasteiger partial charge in [-0.25, -0.2) is 0 Å². The van der Waals surface area contributed by atoms with Gasteiger partial charge in [-0.3, -0.25) is 57.5 Å². The van der Waals surface area contributed by atoms with Gasteiger partial charge in [0.05, 0.1) is 32.4 Å². The summed E-state index contributed by atoms with van der Waals surface area (Å²) in [5.41, 5.74) is 5.14. The molecule has 3 saturated heterocycles. The Morgan fingerprint density at radius 2 is 1.22 bits per heavy atom. The second-order valence-electron chi connectivity index (χ2n) is 21.3. The largest absolute Gasteiger partial charge is 0.481 e. The van der Waals surface area contributed by atoms with E-state index in [4.69, 9.17) is 24.7 Å². The van der Waals surface area contributed by atoms with Gasteiger partial charge in [-0.05, 0) is 51.4 Å². The van der Waals surface area contributed by atoms with E-state index >= 15 is 0 Å². The number of nitrogens with one attached hydrogen (secondary N) is 9. The number of aliphatic carboxylic acids is 1. The fourth-order valence-corrected chi connectivity index (χ4v) is 9.36. The van der Waals surface area contributed by atoms with Gasteiger partial charge in [-0.2, -0.15) is 0 Å². The second-order valence-corrected chi connectivity index (χ2v) is 21.3.